The van der Waals surface area contributed by atoms with Crippen molar-refractivity contribution >= 4 is 5.78 Å². The van der Waals surface area contributed by atoms with Gasteiger partial charge in [-0.3, -0.25) is 9.78 Å². The number of carbonyl (C=O) groups excluding carboxylic acids is 1. The van der Waals surface area contributed by atoms with Gasteiger partial charge in [0.15, 0.2) is 5.78 Å². The van der Waals surface area contributed by atoms with Gasteiger partial charge in [-0.15, -0.1) is 0 Å². The van der Waals surface area contributed by atoms with Gasteiger partial charge in [-0.05, 0) is 19.4 Å². The van der Waals surface area contributed by atoms with Crippen molar-refractivity contribution in [3.63, 3.8) is 0 Å². The molecule has 0 saturated carbocycles. The molecule has 1 heterocycles. The minimum atomic E-state index is -0.940. The fraction of sp³-hybridized carbons (Fsp3) is 0.455. The van der Waals surface area contributed by atoms with Crippen molar-refractivity contribution in [2.45, 2.75) is 32.2 Å². The fourth-order valence-electron chi connectivity index (χ4n) is 1.50. The first-order valence-electron chi connectivity index (χ1n) is 4.91. The molecule has 0 fully saturated rings. The Morgan fingerprint density at radius 3 is 2.80 bits per heavy atom. The molecule has 1 aromatic rings. The Bertz CT molecular complexity index is 363. The molecular weight excluding hydrogens is 195 g/mol. The van der Waals surface area contributed by atoms with Crippen LogP contribution in [0, 0.1) is 5.82 Å². The first-order valence-corrected chi connectivity index (χ1v) is 4.91. The van der Waals surface area contributed by atoms with Gasteiger partial charge in [0.05, 0.1) is 11.7 Å². The summed E-state index contributed by atoms with van der Waals surface area (Å²) in [7, 11) is 0. The second kappa shape index (κ2) is 4.49. The van der Waals surface area contributed by atoms with Crippen LogP contribution >= 0.6 is 0 Å². The Morgan fingerprint density at radius 2 is 2.27 bits per heavy atom. The summed E-state index contributed by atoms with van der Waals surface area (Å²) < 4.78 is 12.8. The van der Waals surface area contributed by atoms with Crippen molar-refractivity contribution in [3.05, 3.63) is 29.8 Å². The minimum Gasteiger partial charge on any atom is -0.319 e. The lowest BCUT2D eigenvalue weighted by Crippen LogP contribution is -2.44. The van der Waals surface area contributed by atoms with Gasteiger partial charge in [-0.2, -0.15) is 0 Å². The number of hydrogen-bond donors (Lipinski definition) is 1. The summed E-state index contributed by atoms with van der Waals surface area (Å²) in [5.41, 5.74) is 5.14. The van der Waals surface area contributed by atoms with Crippen molar-refractivity contribution in [1.82, 2.24) is 4.98 Å². The predicted octanol–water partition coefficient (Wildman–Crippen LogP) is 1.92. The lowest BCUT2D eigenvalue weighted by molar-refractivity contribution is 0.0892. The lowest BCUT2D eigenvalue weighted by atomic mass is 9.89. The molecule has 82 valence electrons. The number of ketones is 1. The van der Waals surface area contributed by atoms with E-state index in [1.807, 2.05) is 6.92 Å². The summed E-state index contributed by atoms with van der Waals surface area (Å²) in [5.74, 6) is -0.788. The smallest absolute Gasteiger partial charge is 0.183 e. The van der Waals surface area contributed by atoms with Crippen LogP contribution in [-0.4, -0.2) is 16.3 Å². The van der Waals surface area contributed by atoms with Gasteiger partial charge in [-0.25, -0.2) is 4.39 Å². The molecule has 0 saturated heterocycles. The third kappa shape index (κ3) is 2.83. The van der Waals surface area contributed by atoms with E-state index in [1.165, 1.54) is 6.20 Å². The third-order valence-electron chi connectivity index (χ3n) is 2.26. The van der Waals surface area contributed by atoms with E-state index in [4.69, 9.17) is 5.73 Å². The molecule has 1 unspecified atom stereocenters. The van der Waals surface area contributed by atoms with Crippen molar-refractivity contribution < 1.29 is 9.18 Å². The van der Waals surface area contributed by atoms with Crippen LogP contribution < -0.4 is 5.73 Å². The van der Waals surface area contributed by atoms with Gasteiger partial charge < -0.3 is 5.73 Å². The van der Waals surface area contributed by atoms with Crippen LogP contribution in [0.15, 0.2) is 18.5 Å². The summed E-state index contributed by atoms with van der Waals surface area (Å²) >= 11 is 0. The Labute approximate surface area is 88.5 Å². The van der Waals surface area contributed by atoms with Crippen molar-refractivity contribution in [2.24, 2.45) is 5.73 Å². The van der Waals surface area contributed by atoms with E-state index >= 15 is 0 Å². The van der Waals surface area contributed by atoms with Crippen LogP contribution in [0.4, 0.5) is 4.39 Å². The van der Waals surface area contributed by atoms with E-state index < -0.39 is 11.4 Å². The first-order chi connectivity index (χ1) is 6.97. The van der Waals surface area contributed by atoms with E-state index in [2.05, 4.69) is 4.98 Å². The number of aromatic nitrogens is 1. The topological polar surface area (TPSA) is 56.0 Å². The second-order valence-corrected chi connectivity index (χ2v) is 3.89. The van der Waals surface area contributed by atoms with Crippen molar-refractivity contribution in [3.8, 4) is 0 Å². The molecule has 1 rings (SSSR count). The summed E-state index contributed by atoms with van der Waals surface area (Å²) in [4.78, 5) is 15.5. The van der Waals surface area contributed by atoms with Gasteiger partial charge in [0, 0.05) is 11.8 Å². The normalized spacial score (nSPS) is 14.7. The van der Waals surface area contributed by atoms with Gasteiger partial charge in [0.25, 0.3) is 0 Å². The van der Waals surface area contributed by atoms with E-state index in [0.717, 1.165) is 18.7 Å². The number of pyridine rings is 1. The number of nitrogens with two attached hydrogens (primary N) is 1. The summed E-state index contributed by atoms with van der Waals surface area (Å²) in [5, 5.41) is 0. The van der Waals surface area contributed by atoms with E-state index in [1.54, 1.807) is 6.92 Å². The van der Waals surface area contributed by atoms with E-state index in [9.17, 15) is 9.18 Å². The van der Waals surface area contributed by atoms with Crippen LogP contribution in [0.5, 0.6) is 0 Å². The molecule has 0 bridgehead atoms. The average Bonchev–Trinajstić information content (AvgIpc) is 2.16. The number of hydrogen-bond acceptors (Lipinski definition) is 3. The van der Waals surface area contributed by atoms with Gasteiger partial charge in [0.2, 0.25) is 0 Å². The Hall–Kier alpha value is -1.29. The lowest BCUT2D eigenvalue weighted by Gasteiger charge is -2.22. The fourth-order valence-corrected chi connectivity index (χ4v) is 1.50. The number of carbonyl (C=O) groups is 1. The zero-order valence-corrected chi connectivity index (χ0v) is 8.96. The monoisotopic (exact) mass is 210 g/mol. The highest BCUT2D eigenvalue weighted by atomic mass is 19.1. The molecular formula is C11H15FN2O. The van der Waals surface area contributed by atoms with Crippen LogP contribution in [-0.2, 0) is 0 Å². The molecule has 4 heteroatoms. The highest BCUT2D eigenvalue weighted by Crippen LogP contribution is 2.16. The largest absolute Gasteiger partial charge is 0.319 e. The SMILES string of the molecule is CCCC(C)(N)C(=O)c1cncc(F)c1. The summed E-state index contributed by atoms with van der Waals surface area (Å²) in [6.45, 7) is 3.60. The van der Waals surface area contributed by atoms with Crippen LogP contribution in [0.25, 0.3) is 0 Å². The maximum Gasteiger partial charge on any atom is 0.183 e. The number of halogens is 1. The molecule has 0 aliphatic heterocycles. The molecule has 0 radical (unpaired) electrons. The average molecular weight is 210 g/mol. The molecule has 0 aromatic carbocycles. The Balaban J connectivity index is 2.94. The van der Waals surface area contributed by atoms with Gasteiger partial charge >= 0.3 is 0 Å². The molecule has 2 N–H and O–H groups in total. The molecule has 0 aliphatic rings. The van der Waals surface area contributed by atoms with Crippen LogP contribution in [0.1, 0.15) is 37.0 Å². The highest BCUT2D eigenvalue weighted by Gasteiger charge is 2.28. The molecule has 1 aromatic heterocycles. The molecule has 15 heavy (non-hydrogen) atoms. The number of Topliss-reactive ketones (excluding diaryl/α,β-unsaturated/α-hetero) is 1. The molecule has 0 amide bonds. The van der Waals surface area contributed by atoms with Gasteiger partial charge in [0.1, 0.15) is 5.82 Å². The quantitative estimate of drug-likeness (QED) is 0.772. The predicted molar refractivity (Wildman–Crippen MR) is 56.0 cm³/mol. The molecule has 0 spiro atoms. The molecule has 1 atom stereocenters. The number of nitrogens with zero attached hydrogens (tertiary/aromatic N) is 1. The first kappa shape index (κ1) is 11.8. The van der Waals surface area contributed by atoms with Crippen molar-refractivity contribution in [1.29, 1.82) is 0 Å². The second-order valence-electron chi connectivity index (χ2n) is 3.89. The third-order valence-corrected chi connectivity index (χ3v) is 2.26. The maximum atomic E-state index is 12.8. The van der Waals surface area contributed by atoms with Crippen molar-refractivity contribution in [2.75, 3.05) is 0 Å². The zero-order chi connectivity index (χ0) is 11.5. The zero-order valence-electron chi connectivity index (χ0n) is 8.96. The summed E-state index contributed by atoms with van der Waals surface area (Å²) in [6.07, 6.45) is 3.78. The summed E-state index contributed by atoms with van der Waals surface area (Å²) in [6, 6.07) is 1.16. The van der Waals surface area contributed by atoms with Gasteiger partial charge in [-0.1, -0.05) is 13.3 Å². The van der Waals surface area contributed by atoms with E-state index in [0.29, 0.717) is 6.42 Å². The molecule has 0 aliphatic carbocycles. The Kier molecular flexibility index (Phi) is 3.52. The standard InChI is InChI=1S/C11H15FN2O/c1-3-4-11(2,13)10(15)8-5-9(12)7-14-6-8/h5-7H,3-4,13H2,1-2H3. The minimum absolute atomic E-state index is 0.230. The maximum absolute atomic E-state index is 12.8. The van der Waals surface area contributed by atoms with Crippen LogP contribution in [0.2, 0.25) is 0 Å². The van der Waals surface area contributed by atoms with E-state index in [-0.39, 0.29) is 11.3 Å². The Morgan fingerprint density at radius 1 is 1.60 bits per heavy atom. The van der Waals surface area contributed by atoms with Crippen LogP contribution in [0.3, 0.4) is 0 Å². The highest BCUT2D eigenvalue weighted by molar-refractivity contribution is 6.02. The molecule has 3 nitrogen and oxygen atoms in total. The number of rotatable bonds is 4.